The molecule has 6 heteroatoms. The van der Waals surface area contributed by atoms with Crippen LogP contribution in [0.25, 0.3) is 5.69 Å². The Morgan fingerprint density at radius 2 is 2.25 bits per heavy atom. The number of rotatable bonds is 3. The monoisotopic (exact) mass is 218 g/mol. The van der Waals surface area contributed by atoms with E-state index in [-0.39, 0.29) is 0 Å². The first-order chi connectivity index (χ1) is 7.76. The highest BCUT2D eigenvalue weighted by Gasteiger charge is 2.10. The summed E-state index contributed by atoms with van der Waals surface area (Å²) < 4.78 is 6.71. The number of methoxy groups -OCH3 is 1. The number of carbonyl (C=O) groups excluding carboxylic acids is 1. The van der Waals surface area contributed by atoms with E-state index in [2.05, 4.69) is 15.5 Å². The molecular weight excluding hydrogens is 208 g/mol. The molecule has 0 aliphatic carbocycles. The van der Waals surface area contributed by atoms with E-state index in [1.807, 2.05) is 0 Å². The molecule has 0 saturated carbocycles. The fourth-order valence-electron chi connectivity index (χ4n) is 1.40. The van der Waals surface area contributed by atoms with Gasteiger partial charge in [-0.15, -0.1) is 5.10 Å². The van der Waals surface area contributed by atoms with Crippen molar-refractivity contribution in [1.29, 1.82) is 0 Å². The molecule has 0 spiro atoms. The topological polar surface area (TPSA) is 69.9 Å². The Hall–Kier alpha value is -2.24. The molecule has 0 bridgehead atoms. The average Bonchev–Trinajstić information content (AvgIpc) is 2.74. The summed E-state index contributed by atoms with van der Waals surface area (Å²) in [7, 11) is 1.55. The molecule has 16 heavy (non-hydrogen) atoms. The fraction of sp³-hybridized carbons (Fsp3) is 0.200. The molecule has 0 N–H and O–H groups in total. The predicted octanol–water partition coefficient (Wildman–Crippen LogP) is 0.792. The second kappa shape index (κ2) is 4.09. The number of aryl methyl sites for hydroxylation is 1. The van der Waals surface area contributed by atoms with Gasteiger partial charge in [-0.25, -0.2) is 0 Å². The minimum atomic E-state index is 0.547. The minimum Gasteiger partial charge on any atom is -0.494 e. The summed E-state index contributed by atoms with van der Waals surface area (Å²) in [5, 5.41) is 11.2. The van der Waals surface area contributed by atoms with Crippen molar-refractivity contribution in [3.8, 4) is 11.4 Å². The number of hydrogen-bond acceptors (Lipinski definition) is 5. The van der Waals surface area contributed by atoms with E-state index < -0.39 is 0 Å². The Morgan fingerprint density at radius 3 is 2.81 bits per heavy atom. The van der Waals surface area contributed by atoms with E-state index in [4.69, 9.17) is 4.74 Å². The van der Waals surface area contributed by atoms with Gasteiger partial charge in [0.15, 0.2) is 5.82 Å². The zero-order valence-corrected chi connectivity index (χ0v) is 8.91. The van der Waals surface area contributed by atoms with Crippen LogP contribution in [0, 0.1) is 6.92 Å². The molecule has 6 nitrogen and oxygen atoms in total. The standard InChI is InChI=1S/C10H10N4O2/c1-7-11-12-13-14(7)9-5-8(6-15)3-4-10(9)16-2/h3-6H,1-2H3. The van der Waals surface area contributed by atoms with E-state index in [0.717, 1.165) is 6.29 Å². The van der Waals surface area contributed by atoms with Gasteiger partial charge in [0.25, 0.3) is 0 Å². The van der Waals surface area contributed by atoms with Crippen molar-refractivity contribution in [2.45, 2.75) is 6.92 Å². The van der Waals surface area contributed by atoms with Crippen molar-refractivity contribution >= 4 is 6.29 Å². The highest BCUT2D eigenvalue weighted by molar-refractivity contribution is 5.77. The number of hydrogen-bond donors (Lipinski definition) is 0. The van der Waals surface area contributed by atoms with Crippen molar-refractivity contribution < 1.29 is 9.53 Å². The van der Waals surface area contributed by atoms with Crippen LogP contribution in [0.2, 0.25) is 0 Å². The minimum absolute atomic E-state index is 0.547. The van der Waals surface area contributed by atoms with Crippen LogP contribution in [0.5, 0.6) is 5.75 Å². The van der Waals surface area contributed by atoms with Crippen LogP contribution in [0.4, 0.5) is 0 Å². The Balaban J connectivity index is 2.61. The van der Waals surface area contributed by atoms with E-state index in [1.54, 1.807) is 32.2 Å². The molecule has 0 unspecified atom stereocenters. The van der Waals surface area contributed by atoms with Gasteiger partial charge in [0.2, 0.25) is 0 Å². The number of benzene rings is 1. The third-order valence-electron chi connectivity index (χ3n) is 2.19. The summed E-state index contributed by atoms with van der Waals surface area (Å²) in [4.78, 5) is 10.7. The third-order valence-corrected chi connectivity index (χ3v) is 2.19. The van der Waals surface area contributed by atoms with Gasteiger partial charge in [-0.3, -0.25) is 4.79 Å². The zero-order valence-electron chi connectivity index (χ0n) is 8.91. The maximum absolute atomic E-state index is 10.7. The molecule has 82 valence electrons. The lowest BCUT2D eigenvalue weighted by molar-refractivity contribution is 0.112. The molecule has 0 aliphatic rings. The summed E-state index contributed by atoms with van der Waals surface area (Å²) in [5.74, 6) is 1.24. The average molecular weight is 218 g/mol. The lowest BCUT2D eigenvalue weighted by Crippen LogP contribution is -2.03. The lowest BCUT2D eigenvalue weighted by atomic mass is 10.2. The Labute approximate surface area is 91.8 Å². The third kappa shape index (κ3) is 1.65. The molecule has 0 aliphatic heterocycles. The Kier molecular flexibility index (Phi) is 2.63. The van der Waals surface area contributed by atoms with Crippen LogP contribution in [-0.4, -0.2) is 33.6 Å². The molecule has 1 aromatic carbocycles. The van der Waals surface area contributed by atoms with Gasteiger partial charge in [0, 0.05) is 5.56 Å². The summed E-state index contributed by atoms with van der Waals surface area (Å²) in [6.07, 6.45) is 0.766. The SMILES string of the molecule is COc1ccc(C=O)cc1-n1nnnc1C. The van der Waals surface area contributed by atoms with Crippen molar-refractivity contribution in [2.75, 3.05) is 7.11 Å². The summed E-state index contributed by atoms with van der Waals surface area (Å²) in [5.41, 5.74) is 1.19. The van der Waals surface area contributed by atoms with Gasteiger partial charge in [0.1, 0.15) is 17.7 Å². The van der Waals surface area contributed by atoms with Crippen LogP contribution in [0.15, 0.2) is 18.2 Å². The highest BCUT2D eigenvalue weighted by atomic mass is 16.5. The maximum atomic E-state index is 10.7. The predicted molar refractivity (Wildman–Crippen MR) is 55.8 cm³/mol. The van der Waals surface area contributed by atoms with Crippen molar-refractivity contribution in [3.63, 3.8) is 0 Å². The van der Waals surface area contributed by atoms with Crippen LogP contribution < -0.4 is 4.74 Å². The van der Waals surface area contributed by atoms with Crippen LogP contribution in [0.1, 0.15) is 16.2 Å². The largest absolute Gasteiger partial charge is 0.494 e. The summed E-state index contributed by atoms with van der Waals surface area (Å²) in [6, 6.07) is 5.06. The first-order valence-corrected chi connectivity index (χ1v) is 4.65. The maximum Gasteiger partial charge on any atom is 0.153 e. The normalized spacial score (nSPS) is 10.1. The second-order valence-electron chi connectivity index (χ2n) is 3.19. The van der Waals surface area contributed by atoms with Gasteiger partial charge < -0.3 is 4.74 Å². The van der Waals surface area contributed by atoms with E-state index in [0.29, 0.717) is 22.8 Å². The lowest BCUT2D eigenvalue weighted by Gasteiger charge is -2.08. The number of aromatic nitrogens is 4. The number of tetrazole rings is 1. The van der Waals surface area contributed by atoms with Gasteiger partial charge in [0.05, 0.1) is 7.11 Å². The number of nitrogens with zero attached hydrogens (tertiary/aromatic N) is 4. The highest BCUT2D eigenvalue weighted by Crippen LogP contribution is 2.23. The Morgan fingerprint density at radius 1 is 1.44 bits per heavy atom. The summed E-state index contributed by atoms with van der Waals surface area (Å²) in [6.45, 7) is 1.77. The van der Waals surface area contributed by atoms with E-state index in [9.17, 15) is 4.79 Å². The zero-order chi connectivity index (χ0) is 11.5. The molecule has 1 heterocycles. The molecule has 0 amide bonds. The van der Waals surface area contributed by atoms with Crippen LogP contribution >= 0.6 is 0 Å². The van der Waals surface area contributed by atoms with Crippen molar-refractivity contribution in [2.24, 2.45) is 0 Å². The molecule has 0 radical (unpaired) electrons. The van der Waals surface area contributed by atoms with Gasteiger partial charge in [-0.1, -0.05) is 0 Å². The number of carbonyl (C=O) groups is 1. The van der Waals surface area contributed by atoms with Crippen molar-refractivity contribution in [3.05, 3.63) is 29.6 Å². The van der Waals surface area contributed by atoms with Gasteiger partial charge in [-0.2, -0.15) is 4.68 Å². The van der Waals surface area contributed by atoms with Gasteiger partial charge >= 0.3 is 0 Å². The molecule has 0 saturated heterocycles. The smallest absolute Gasteiger partial charge is 0.153 e. The molecule has 1 aromatic heterocycles. The fourth-order valence-corrected chi connectivity index (χ4v) is 1.40. The van der Waals surface area contributed by atoms with Crippen molar-refractivity contribution in [1.82, 2.24) is 20.2 Å². The molecule has 0 atom stereocenters. The number of aldehydes is 1. The first kappa shape index (κ1) is 10.3. The molecule has 2 aromatic rings. The van der Waals surface area contributed by atoms with E-state index >= 15 is 0 Å². The van der Waals surface area contributed by atoms with Crippen LogP contribution in [-0.2, 0) is 0 Å². The Bertz CT molecular complexity index is 521. The second-order valence-corrected chi connectivity index (χ2v) is 3.19. The van der Waals surface area contributed by atoms with E-state index in [1.165, 1.54) is 4.68 Å². The molecule has 0 fully saturated rings. The van der Waals surface area contributed by atoms with Gasteiger partial charge in [-0.05, 0) is 35.5 Å². The molecular formula is C10H10N4O2. The quantitative estimate of drug-likeness (QED) is 0.712. The van der Waals surface area contributed by atoms with Crippen LogP contribution in [0.3, 0.4) is 0 Å². The molecule has 2 rings (SSSR count). The first-order valence-electron chi connectivity index (χ1n) is 4.65. The summed E-state index contributed by atoms with van der Waals surface area (Å²) >= 11 is 0. The number of ether oxygens (including phenoxy) is 1.